The van der Waals surface area contributed by atoms with Crippen molar-refractivity contribution in [3.05, 3.63) is 17.5 Å². The summed E-state index contributed by atoms with van der Waals surface area (Å²) < 4.78 is 0. The monoisotopic (exact) mass is 236 g/mol. The lowest BCUT2D eigenvalue weighted by Gasteiger charge is -2.21. The Morgan fingerprint density at radius 2 is 1.94 bits per heavy atom. The molecule has 0 bridgehead atoms. The fourth-order valence-corrected chi connectivity index (χ4v) is 1.67. The minimum Gasteiger partial charge on any atom is -0.344 e. The zero-order valence-corrected chi connectivity index (χ0v) is 11.6. The van der Waals surface area contributed by atoms with Crippen molar-refractivity contribution < 1.29 is 0 Å². The van der Waals surface area contributed by atoms with Gasteiger partial charge in [-0.25, -0.2) is 9.97 Å². The Balaban J connectivity index is 2.89. The first-order valence-corrected chi connectivity index (χ1v) is 6.20. The molecule has 4 nitrogen and oxygen atoms in total. The van der Waals surface area contributed by atoms with Gasteiger partial charge < -0.3 is 10.6 Å². The van der Waals surface area contributed by atoms with E-state index in [0.717, 1.165) is 23.9 Å². The average Bonchev–Trinajstić information content (AvgIpc) is 2.27. The van der Waals surface area contributed by atoms with Crippen molar-refractivity contribution in [2.75, 3.05) is 25.0 Å². The van der Waals surface area contributed by atoms with Crippen molar-refractivity contribution in [3.63, 3.8) is 0 Å². The molecule has 0 aliphatic carbocycles. The highest BCUT2D eigenvalue weighted by Gasteiger charge is 2.11. The Labute approximate surface area is 104 Å². The van der Waals surface area contributed by atoms with Crippen LogP contribution in [0.5, 0.6) is 0 Å². The molecule has 2 N–H and O–H groups in total. The minimum absolute atomic E-state index is 0.427. The first kappa shape index (κ1) is 13.9. The molecule has 0 aromatic carbocycles. The second kappa shape index (κ2) is 5.96. The van der Waals surface area contributed by atoms with E-state index in [1.807, 2.05) is 20.0 Å². The van der Waals surface area contributed by atoms with Gasteiger partial charge in [-0.3, -0.25) is 0 Å². The number of nitrogens with two attached hydrogens (primary N) is 1. The number of aryl methyl sites for hydroxylation is 1. The molecule has 1 rings (SSSR count). The van der Waals surface area contributed by atoms with Gasteiger partial charge in [0.25, 0.3) is 0 Å². The lowest BCUT2D eigenvalue weighted by atomic mass is 10.1. The van der Waals surface area contributed by atoms with Crippen LogP contribution in [-0.2, 0) is 0 Å². The summed E-state index contributed by atoms with van der Waals surface area (Å²) in [6.07, 6.45) is 0. The molecule has 1 heterocycles. The molecular formula is C13H24N4. The zero-order chi connectivity index (χ0) is 13.0. The second-order valence-corrected chi connectivity index (χ2v) is 5.11. The van der Waals surface area contributed by atoms with Crippen LogP contribution in [0.25, 0.3) is 0 Å². The maximum Gasteiger partial charge on any atom is 0.225 e. The smallest absolute Gasteiger partial charge is 0.225 e. The van der Waals surface area contributed by atoms with Crippen molar-refractivity contribution >= 4 is 5.95 Å². The van der Waals surface area contributed by atoms with Crippen molar-refractivity contribution in [2.24, 2.45) is 11.7 Å². The summed E-state index contributed by atoms with van der Waals surface area (Å²) in [7, 11) is 2.02. The van der Waals surface area contributed by atoms with Crippen molar-refractivity contribution in [1.82, 2.24) is 9.97 Å². The lowest BCUT2D eigenvalue weighted by molar-refractivity contribution is 0.582. The normalized spacial score (nSPS) is 12.9. The fraction of sp³-hybridized carbons (Fsp3) is 0.692. The Morgan fingerprint density at radius 1 is 1.29 bits per heavy atom. The molecule has 96 valence electrons. The predicted molar refractivity (Wildman–Crippen MR) is 72.3 cm³/mol. The molecule has 0 aliphatic rings. The van der Waals surface area contributed by atoms with E-state index >= 15 is 0 Å². The molecule has 0 fully saturated rings. The highest BCUT2D eigenvalue weighted by Crippen LogP contribution is 2.16. The molecule has 0 saturated heterocycles. The van der Waals surface area contributed by atoms with E-state index in [1.165, 1.54) is 0 Å². The van der Waals surface area contributed by atoms with E-state index in [4.69, 9.17) is 5.73 Å². The second-order valence-electron chi connectivity index (χ2n) is 5.11. The van der Waals surface area contributed by atoms with Crippen LogP contribution in [0.15, 0.2) is 6.07 Å². The largest absolute Gasteiger partial charge is 0.344 e. The predicted octanol–water partition coefficient (Wildman–Crippen LogP) is 1.94. The van der Waals surface area contributed by atoms with E-state index in [9.17, 15) is 0 Å². The molecule has 17 heavy (non-hydrogen) atoms. The topological polar surface area (TPSA) is 55.0 Å². The highest BCUT2D eigenvalue weighted by atomic mass is 15.2. The van der Waals surface area contributed by atoms with Crippen LogP contribution in [0.2, 0.25) is 0 Å². The quantitative estimate of drug-likeness (QED) is 0.849. The van der Waals surface area contributed by atoms with Gasteiger partial charge in [0.05, 0.1) is 0 Å². The molecule has 0 amide bonds. The summed E-state index contributed by atoms with van der Waals surface area (Å²) in [4.78, 5) is 11.2. The Morgan fingerprint density at radius 3 is 2.47 bits per heavy atom. The third-order valence-electron chi connectivity index (χ3n) is 2.78. The van der Waals surface area contributed by atoms with Crippen LogP contribution >= 0.6 is 0 Å². The SMILES string of the molecule is Cc1cc(C(C)C)nc(N(C)CC(C)CN)n1. The zero-order valence-electron chi connectivity index (χ0n) is 11.6. The standard InChI is InChI=1S/C13H24N4/c1-9(2)12-6-11(4)15-13(16-12)17(5)8-10(3)7-14/h6,9-10H,7-8,14H2,1-5H3. The number of rotatable bonds is 5. The highest BCUT2D eigenvalue weighted by molar-refractivity contribution is 5.32. The van der Waals surface area contributed by atoms with Gasteiger partial charge in [0.2, 0.25) is 5.95 Å². The molecule has 1 aromatic rings. The molecule has 1 unspecified atom stereocenters. The molecule has 4 heteroatoms. The van der Waals surface area contributed by atoms with Crippen molar-refractivity contribution in [3.8, 4) is 0 Å². The van der Waals surface area contributed by atoms with Crippen LogP contribution in [0.4, 0.5) is 5.95 Å². The van der Waals surface area contributed by atoms with Crippen molar-refractivity contribution in [1.29, 1.82) is 0 Å². The van der Waals surface area contributed by atoms with Crippen molar-refractivity contribution in [2.45, 2.75) is 33.6 Å². The van der Waals surface area contributed by atoms with Gasteiger partial charge in [-0.1, -0.05) is 20.8 Å². The van der Waals surface area contributed by atoms with E-state index < -0.39 is 0 Å². The number of hydrogen-bond acceptors (Lipinski definition) is 4. The Bertz CT molecular complexity index is 362. The van der Waals surface area contributed by atoms with Gasteiger partial charge in [0.15, 0.2) is 0 Å². The molecule has 0 saturated carbocycles. The number of hydrogen-bond donors (Lipinski definition) is 1. The van der Waals surface area contributed by atoms with E-state index in [1.54, 1.807) is 0 Å². The van der Waals surface area contributed by atoms with Gasteiger partial charge >= 0.3 is 0 Å². The maximum atomic E-state index is 5.64. The fourth-order valence-electron chi connectivity index (χ4n) is 1.67. The van der Waals surface area contributed by atoms with Gasteiger partial charge in [0, 0.05) is 25.0 Å². The average molecular weight is 236 g/mol. The number of nitrogens with zero attached hydrogens (tertiary/aromatic N) is 3. The summed E-state index contributed by atoms with van der Waals surface area (Å²) in [5.41, 5.74) is 7.76. The summed E-state index contributed by atoms with van der Waals surface area (Å²) in [5.74, 6) is 1.68. The first-order valence-electron chi connectivity index (χ1n) is 6.20. The van der Waals surface area contributed by atoms with E-state index in [0.29, 0.717) is 18.4 Å². The van der Waals surface area contributed by atoms with Gasteiger partial charge in [0.1, 0.15) is 0 Å². The Kier molecular flexibility index (Phi) is 4.87. The van der Waals surface area contributed by atoms with Crippen LogP contribution in [0.3, 0.4) is 0 Å². The van der Waals surface area contributed by atoms with Crippen LogP contribution in [0.1, 0.15) is 38.1 Å². The third-order valence-corrected chi connectivity index (χ3v) is 2.78. The molecule has 0 radical (unpaired) electrons. The molecule has 0 spiro atoms. The van der Waals surface area contributed by atoms with E-state index in [-0.39, 0.29) is 0 Å². The summed E-state index contributed by atoms with van der Waals surface area (Å²) in [5, 5.41) is 0. The summed E-state index contributed by atoms with van der Waals surface area (Å²) in [6.45, 7) is 10.0. The molecule has 1 atom stereocenters. The summed E-state index contributed by atoms with van der Waals surface area (Å²) in [6, 6.07) is 2.05. The molecule has 1 aromatic heterocycles. The van der Waals surface area contributed by atoms with Gasteiger partial charge in [-0.2, -0.15) is 0 Å². The van der Waals surface area contributed by atoms with Gasteiger partial charge in [-0.15, -0.1) is 0 Å². The summed E-state index contributed by atoms with van der Waals surface area (Å²) >= 11 is 0. The third kappa shape index (κ3) is 3.97. The van der Waals surface area contributed by atoms with E-state index in [2.05, 4.69) is 35.6 Å². The number of aromatic nitrogens is 2. The molecular weight excluding hydrogens is 212 g/mol. The Hall–Kier alpha value is -1.16. The van der Waals surface area contributed by atoms with Crippen LogP contribution in [-0.4, -0.2) is 30.1 Å². The van der Waals surface area contributed by atoms with Gasteiger partial charge in [-0.05, 0) is 31.4 Å². The minimum atomic E-state index is 0.427. The lowest BCUT2D eigenvalue weighted by Crippen LogP contribution is -2.29. The number of anilines is 1. The molecule has 0 aliphatic heterocycles. The first-order chi connectivity index (χ1) is 7.93. The van der Waals surface area contributed by atoms with Crippen LogP contribution < -0.4 is 10.6 Å². The maximum absolute atomic E-state index is 5.64. The van der Waals surface area contributed by atoms with Crippen LogP contribution in [0, 0.1) is 12.8 Å².